The number of hydrazine groups is 1. The monoisotopic (exact) mass is 408 g/mol. The molecule has 1 aromatic heterocycles. The van der Waals surface area contributed by atoms with Crippen LogP contribution in [-0.4, -0.2) is 30.4 Å². The number of hydrogen-bond donors (Lipinski definition) is 3. The largest absolute Gasteiger partial charge is 0.497 e. The van der Waals surface area contributed by atoms with Crippen molar-refractivity contribution in [2.45, 2.75) is 39.0 Å². The number of carbonyl (C=O) groups is 1. The minimum absolute atomic E-state index is 0.0112. The fraction of sp³-hybridized carbons (Fsp3) is 0.348. The Labute approximate surface area is 176 Å². The minimum atomic E-state index is -0.166. The number of aryl methyl sites for hydroxylation is 2. The van der Waals surface area contributed by atoms with Gasteiger partial charge in [-0.2, -0.15) is 0 Å². The van der Waals surface area contributed by atoms with E-state index in [-0.39, 0.29) is 24.7 Å². The van der Waals surface area contributed by atoms with Gasteiger partial charge in [0, 0.05) is 29.6 Å². The van der Waals surface area contributed by atoms with E-state index in [1.54, 1.807) is 7.11 Å². The van der Waals surface area contributed by atoms with E-state index in [9.17, 15) is 4.79 Å². The number of nitrogens with zero attached hydrogens (tertiary/aromatic N) is 1. The van der Waals surface area contributed by atoms with Crippen LogP contribution in [0.2, 0.25) is 0 Å². The van der Waals surface area contributed by atoms with Crippen LogP contribution in [0, 0.1) is 6.92 Å². The maximum atomic E-state index is 12.3. The number of ether oxygens (including phenoxy) is 2. The summed E-state index contributed by atoms with van der Waals surface area (Å²) < 4.78 is 13.3. The Balaban J connectivity index is 1.39. The average molecular weight is 409 g/mol. The predicted octanol–water partition coefficient (Wildman–Crippen LogP) is 3.04. The van der Waals surface area contributed by atoms with Crippen LogP contribution in [0.5, 0.6) is 11.5 Å². The highest BCUT2D eigenvalue weighted by atomic mass is 16.5. The van der Waals surface area contributed by atoms with Crippen molar-refractivity contribution in [2.24, 2.45) is 0 Å². The van der Waals surface area contributed by atoms with Crippen molar-refractivity contribution < 1.29 is 14.3 Å². The minimum Gasteiger partial charge on any atom is -0.497 e. The average Bonchev–Trinajstić information content (AvgIpc) is 3.36. The number of fused-ring (bicyclic) bond motifs is 1. The zero-order chi connectivity index (χ0) is 21.1. The standard InChI is InChI=1S/C23H28N4O3/c1-4-27-19-10-9-17(29-3)11-16(19)12-20(27)18-13-22(26-25-18)24-23(28)14-30-21-8-6-5-7-15(21)2/h5-12,18,22,25-26H,4,13-14H2,1-3H3,(H,24,28). The van der Waals surface area contributed by atoms with Gasteiger partial charge in [-0.1, -0.05) is 18.2 Å². The summed E-state index contributed by atoms with van der Waals surface area (Å²) >= 11 is 0. The van der Waals surface area contributed by atoms with Crippen LogP contribution in [0.25, 0.3) is 10.9 Å². The van der Waals surface area contributed by atoms with Crippen molar-refractivity contribution >= 4 is 16.8 Å². The number of nitrogens with one attached hydrogen (secondary N) is 3. The summed E-state index contributed by atoms with van der Waals surface area (Å²) in [7, 11) is 1.68. The third-order valence-electron chi connectivity index (χ3n) is 5.50. The molecule has 2 aromatic carbocycles. The number of rotatable bonds is 7. The van der Waals surface area contributed by atoms with E-state index in [2.05, 4.69) is 45.9 Å². The Morgan fingerprint density at radius 3 is 2.80 bits per heavy atom. The first kappa shape index (κ1) is 20.3. The molecule has 1 saturated heterocycles. The van der Waals surface area contributed by atoms with Crippen molar-refractivity contribution in [3.63, 3.8) is 0 Å². The zero-order valence-electron chi connectivity index (χ0n) is 17.6. The molecule has 1 amide bonds. The van der Waals surface area contributed by atoms with E-state index < -0.39 is 0 Å². The van der Waals surface area contributed by atoms with Gasteiger partial charge in [0.05, 0.1) is 19.3 Å². The Morgan fingerprint density at radius 2 is 2.03 bits per heavy atom. The number of carbonyl (C=O) groups excluding carboxylic acids is 1. The molecule has 2 atom stereocenters. The summed E-state index contributed by atoms with van der Waals surface area (Å²) in [5.41, 5.74) is 9.87. The van der Waals surface area contributed by atoms with Crippen LogP contribution in [0.1, 0.15) is 30.6 Å². The molecule has 2 heterocycles. The van der Waals surface area contributed by atoms with Gasteiger partial charge in [0.1, 0.15) is 11.5 Å². The Bertz CT molecular complexity index is 1050. The maximum Gasteiger partial charge on any atom is 0.259 e. The molecule has 0 saturated carbocycles. The van der Waals surface area contributed by atoms with Gasteiger partial charge in [0.2, 0.25) is 0 Å². The molecule has 3 N–H and O–H groups in total. The Hall–Kier alpha value is -3.03. The normalized spacial score (nSPS) is 18.5. The molecule has 0 radical (unpaired) electrons. The molecule has 3 aromatic rings. The van der Waals surface area contributed by atoms with E-state index in [0.717, 1.165) is 35.4 Å². The fourth-order valence-electron chi connectivity index (χ4n) is 3.98. The third-order valence-corrected chi connectivity index (χ3v) is 5.50. The summed E-state index contributed by atoms with van der Waals surface area (Å²) in [5, 5.41) is 4.14. The van der Waals surface area contributed by atoms with E-state index in [1.807, 2.05) is 37.3 Å². The molecular formula is C23H28N4O3. The van der Waals surface area contributed by atoms with Crippen molar-refractivity contribution in [2.75, 3.05) is 13.7 Å². The highest BCUT2D eigenvalue weighted by Gasteiger charge is 2.29. The van der Waals surface area contributed by atoms with Crippen LogP contribution in [0.4, 0.5) is 0 Å². The van der Waals surface area contributed by atoms with E-state index in [0.29, 0.717) is 0 Å². The van der Waals surface area contributed by atoms with Crippen LogP contribution >= 0.6 is 0 Å². The molecule has 0 aliphatic carbocycles. The van der Waals surface area contributed by atoms with Gasteiger partial charge >= 0.3 is 0 Å². The summed E-state index contributed by atoms with van der Waals surface area (Å²) in [6.45, 7) is 4.95. The maximum absolute atomic E-state index is 12.3. The predicted molar refractivity (Wildman–Crippen MR) is 116 cm³/mol. The summed E-state index contributed by atoms with van der Waals surface area (Å²) in [5.74, 6) is 1.42. The van der Waals surface area contributed by atoms with E-state index in [4.69, 9.17) is 9.47 Å². The number of benzene rings is 2. The molecule has 30 heavy (non-hydrogen) atoms. The lowest BCUT2D eigenvalue weighted by molar-refractivity contribution is -0.123. The second kappa shape index (κ2) is 8.77. The molecule has 1 fully saturated rings. The molecule has 158 valence electrons. The van der Waals surface area contributed by atoms with Crippen LogP contribution in [0.15, 0.2) is 48.5 Å². The second-order valence-corrected chi connectivity index (χ2v) is 7.49. The molecular weight excluding hydrogens is 380 g/mol. The highest BCUT2D eigenvalue weighted by molar-refractivity contribution is 5.83. The smallest absolute Gasteiger partial charge is 0.259 e. The number of aromatic nitrogens is 1. The number of para-hydroxylation sites is 1. The first-order valence-corrected chi connectivity index (χ1v) is 10.2. The third kappa shape index (κ3) is 4.13. The van der Waals surface area contributed by atoms with Crippen LogP contribution in [-0.2, 0) is 11.3 Å². The van der Waals surface area contributed by atoms with Crippen molar-refractivity contribution in [3.8, 4) is 11.5 Å². The number of hydrogen-bond acceptors (Lipinski definition) is 5. The molecule has 0 spiro atoms. The summed E-state index contributed by atoms with van der Waals surface area (Å²) in [4.78, 5) is 12.3. The van der Waals surface area contributed by atoms with E-state index in [1.165, 1.54) is 11.2 Å². The lowest BCUT2D eigenvalue weighted by Gasteiger charge is -2.14. The first-order chi connectivity index (χ1) is 14.6. The first-order valence-electron chi connectivity index (χ1n) is 10.2. The molecule has 2 unspecified atom stereocenters. The molecule has 1 aliphatic heterocycles. The molecule has 4 rings (SSSR count). The fourth-order valence-corrected chi connectivity index (χ4v) is 3.98. The topological polar surface area (TPSA) is 76.6 Å². The summed E-state index contributed by atoms with van der Waals surface area (Å²) in [6, 6.07) is 16.1. The van der Waals surface area contributed by atoms with Gasteiger partial charge in [-0.05, 0) is 49.7 Å². The second-order valence-electron chi connectivity index (χ2n) is 7.49. The molecule has 7 nitrogen and oxygen atoms in total. The van der Waals surface area contributed by atoms with Gasteiger partial charge in [-0.15, -0.1) is 0 Å². The van der Waals surface area contributed by atoms with Gasteiger partial charge in [0.15, 0.2) is 6.61 Å². The molecule has 7 heteroatoms. The lowest BCUT2D eigenvalue weighted by Crippen LogP contribution is -2.45. The van der Waals surface area contributed by atoms with Gasteiger partial charge in [0.25, 0.3) is 5.91 Å². The number of methoxy groups -OCH3 is 1. The van der Waals surface area contributed by atoms with Gasteiger partial charge < -0.3 is 19.4 Å². The van der Waals surface area contributed by atoms with Gasteiger partial charge in [-0.3, -0.25) is 4.79 Å². The molecule has 0 bridgehead atoms. The SMILES string of the molecule is CCn1c(C2CC(NC(=O)COc3ccccc3C)NN2)cc2cc(OC)ccc21. The zero-order valence-corrected chi connectivity index (χ0v) is 17.6. The molecule has 1 aliphatic rings. The lowest BCUT2D eigenvalue weighted by atomic mass is 10.1. The van der Waals surface area contributed by atoms with Crippen molar-refractivity contribution in [3.05, 3.63) is 59.8 Å². The summed E-state index contributed by atoms with van der Waals surface area (Å²) in [6.07, 6.45) is 0.574. The van der Waals surface area contributed by atoms with Crippen molar-refractivity contribution in [1.82, 2.24) is 20.7 Å². The van der Waals surface area contributed by atoms with Gasteiger partial charge in [-0.25, -0.2) is 10.9 Å². The number of amides is 1. The van der Waals surface area contributed by atoms with Crippen molar-refractivity contribution in [1.29, 1.82) is 0 Å². The van der Waals surface area contributed by atoms with Crippen LogP contribution in [0.3, 0.4) is 0 Å². The quantitative estimate of drug-likeness (QED) is 0.560. The van der Waals surface area contributed by atoms with Crippen LogP contribution < -0.4 is 25.6 Å². The van der Waals surface area contributed by atoms with E-state index >= 15 is 0 Å². The highest BCUT2D eigenvalue weighted by Crippen LogP contribution is 2.30. The Kier molecular flexibility index (Phi) is 5.92. The Morgan fingerprint density at radius 1 is 1.20 bits per heavy atom.